The van der Waals surface area contributed by atoms with E-state index in [4.69, 9.17) is 9.97 Å². The standard InChI is InChI=1S/C100H141N3S2/c1-8-13-18-21-24-26-28-30-32-34-36-38-40-42-44-46-48-55-70-100(71-56-49-47-45-43-41-39-37-35-33-31-29-27-25-22-19-14-9-2)87-61-54-52-59-82(87)84-66-63-79(74-89(84)100)94-95(80-64-67-83-81-58-51-53-60-86(81)99(68-16-11-4,69-17-12-5)88(83)75-80)102-96-85(65-62-77(6)93(96)101-94)92-76-91-98(105-92)97-90(73-78(7)104-97)103(91)72-57-50-23-20-15-10-3/h51-54,58-67,73-76H,8-50,55-57,68-72H2,1-7H3. The Morgan fingerprint density at radius 2 is 0.629 bits per heavy atom. The van der Waals surface area contributed by atoms with Gasteiger partial charge in [-0.2, -0.15) is 0 Å². The van der Waals surface area contributed by atoms with Crippen molar-refractivity contribution < 1.29 is 0 Å². The highest BCUT2D eigenvalue weighted by Crippen LogP contribution is 2.58. The molecule has 568 valence electrons. The summed E-state index contributed by atoms with van der Waals surface area (Å²) in [6, 6.07) is 44.1. The Bertz CT molecular complexity index is 4000. The van der Waals surface area contributed by atoms with Gasteiger partial charge < -0.3 is 4.57 Å². The third kappa shape index (κ3) is 20.6. The maximum absolute atomic E-state index is 6.20. The lowest BCUT2D eigenvalue weighted by Gasteiger charge is -2.33. The van der Waals surface area contributed by atoms with Crippen LogP contribution in [0.15, 0.2) is 109 Å². The molecule has 3 nitrogen and oxygen atoms in total. The quantitative estimate of drug-likeness (QED) is 0.0356. The Kier molecular flexibility index (Phi) is 32.7. The fourth-order valence-electron chi connectivity index (χ4n) is 19.2. The van der Waals surface area contributed by atoms with Gasteiger partial charge in [0.15, 0.2) is 0 Å². The van der Waals surface area contributed by atoms with Crippen molar-refractivity contribution in [3.8, 4) is 55.2 Å². The molecule has 5 heteroatoms. The van der Waals surface area contributed by atoms with Crippen molar-refractivity contribution in [3.05, 3.63) is 142 Å². The molecule has 0 unspecified atom stereocenters. The summed E-state index contributed by atoms with van der Waals surface area (Å²) in [6.45, 7) is 17.4. The molecule has 0 amide bonds. The van der Waals surface area contributed by atoms with Gasteiger partial charge in [-0.3, -0.25) is 0 Å². The highest BCUT2D eigenvalue weighted by Gasteiger charge is 2.44. The molecule has 0 spiro atoms. The number of aromatic nitrogens is 3. The SMILES string of the molecule is CCCCCCCCCCCCCCCCCCCCC1(CCCCCCCCCCCCCCCCCCCC)c2ccccc2-c2ccc(-c3nc4c(C)ccc(-c5cc6c(s5)c5sc(C)cc5n6CCCCCCCC)c4nc3-c3ccc4c(c3)C(CCCC)(CCCC)c3ccccc3-4)cc21. The fourth-order valence-corrected chi connectivity index (χ4v) is 21.5. The van der Waals surface area contributed by atoms with Gasteiger partial charge in [0.25, 0.3) is 0 Å². The summed E-state index contributed by atoms with van der Waals surface area (Å²) in [7, 11) is 0. The van der Waals surface area contributed by atoms with Crippen molar-refractivity contribution in [1.29, 1.82) is 0 Å². The number of thiophene rings is 2. The average Bonchev–Trinajstić information content (AvgIpc) is 1.59. The van der Waals surface area contributed by atoms with Crippen LogP contribution in [0, 0.1) is 13.8 Å². The molecule has 105 heavy (non-hydrogen) atoms. The van der Waals surface area contributed by atoms with Gasteiger partial charge in [0.05, 0.1) is 42.9 Å². The molecular formula is C100H141N3S2. The van der Waals surface area contributed by atoms with Gasteiger partial charge in [-0.05, 0) is 120 Å². The molecule has 0 bridgehead atoms. The van der Waals surface area contributed by atoms with Crippen LogP contribution in [0.5, 0.6) is 0 Å². The zero-order valence-electron chi connectivity index (χ0n) is 67.6. The van der Waals surface area contributed by atoms with Crippen LogP contribution < -0.4 is 0 Å². The fraction of sp³-hybridized carbons (Fsp3) is 0.600. The van der Waals surface area contributed by atoms with E-state index in [1.807, 2.05) is 22.7 Å². The summed E-state index contributed by atoms with van der Waals surface area (Å²) < 4.78 is 5.54. The van der Waals surface area contributed by atoms with Crippen molar-refractivity contribution in [2.24, 2.45) is 0 Å². The van der Waals surface area contributed by atoms with E-state index >= 15 is 0 Å². The number of hydrogen-bond acceptors (Lipinski definition) is 4. The minimum atomic E-state index is -0.0550. The lowest BCUT2D eigenvalue weighted by molar-refractivity contribution is 0.397. The first-order valence-electron chi connectivity index (χ1n) is 44.6. The molecule has 0 N–H and O–H groups in total. The van der Waals surface area contributed by atoms with Crippen LogP contribution in [-0.4, -0.2) is 14.5 Å². The van der Waals surface area contributed by atoms with Crippen LogP contribution in [0.3, 0.4) is 0 Å². The van der Waals surface area contributed by atoms with Crippen molar-refractivity contribution in [1.82, 2.24) is 14.5 Å². The molecule has 5 aromatic carbocycles. The molecular weight excluding hydrogens is 1310 g/mol. The second-order valence-corrected chi connectivity index (χ2v) is 35.7. The minimum Gasteiger partial charge on any atom is -0.339 e. The van der Waals surface area contributed by atoms with Crippen LogP contribution in [0.1, 0.15) is 388 Å². The van der Waals surface area contributed by atoms with Gasteiger partial charge in [-0.1, -0.05) is 408 Å². The van der Waals surface area contributed by atoms with E-state index in [1.165, 1.54) is 394 Å². The van der Waals surface area contributed by atoms with E-state index in [9.17, 15) is 0 Å². The van der Waals surface area contributed by atoms with Crippen LogP contribution in [0.4, 0.5) is 0 Å². The molecule has 4 aromatic heterocycles. The van der Waals surface area contributed by atoms with Crippen molar-refractivity contribution >= 4 is 54.1 Å². The molecule has 0 fully saturated rings. The summed E-state index contributed by atoms with van der Waals surface area (Å²) in [6.07, 6.45) is 67.9. The molecule has 11 rings (SSSR count). The summed E-state index contributed by atoms with van der Waals surface area (Å²) in [5.74, 6) is 0. The number of unbranched alkanes of at least 4 members (excludes halogenated alkanes) is 41. The molecule has 0 saturated carbocycles. The molecule has 0 radical (unpaired) electrons. The monoisotopic (exact) mass is 1450 g/mol. The second kappa shape index (κ2) is 42.6. The zero-order valence-corrected chi connectivity index (χ0v) is 69.2. The summed E-state index contributed by atoms with van der Waals surface area (Å²) >= 11 is 3.95. The van der Waals surface area contributed by atoms with E-state index in [2.05, 4.69) is 162 Å². The average molecular weight is 1450 g/mol. The van der Waals surface area contributed by atoms with Crippen molar-refractivity contribution in [2.75, 3.05) is 0 Å². The van der Waals surface area contributed by atoms with Gasteiger partial charge in [0, 0.05) is 43.8 Å². The number of aryl methyl sites for hydroxylation is 3. The van der Waals surface area contributed by atoms with E-state index in [0.717, 1.165) is 41.8 Å². The van der Waals surface area contributed by atoms with Crippen LogP contribution in [-0.2, 0) is 17.4 Å². The van der Waals surface area contributed by atoms with Gasteiger partial charge in [0.1, 0.15) is 0 Å². The largest absolute Gasteiger partial charge is 0.339 e. The summed E-state index contributed by atoms with van der Waals surface area (Å²) in [5, 5.41) is 0. The first kappa shape index (κ1) is 80.6. The predicted octanol–water partition coefficient (Wildman–Crippen LogP) is 33.6. The zero-order chi connectivity index (χ0) is 72.9. The van der Waals surface area contributed by atoms with Crippen LogP contribution >= 0.6 is 22.7 Å². The second-order valence-electron chi connectivity index (χ2n) is 33.4. The summed E-state index contributed by atoms with van der Waals surface area (Å²) in [4.78, 5) is 15.0. The van der Waals surface area contributed by atoms with Crippen molar-refractivity contribution in [2.45, 2.75) is 387 Å². The Balaban J connectivity index is 0.901. The highest BCUT2D eigenvalue weighted by molar-refractivity contribution is 7.29. The van der Waals surface area contributed by atoms with Gasteiger partial charge >= 0.3 is 0 Å². The topological polar surface area (TPSA) is 30.7 Å². The highest BCUT2D eigenvalue weighted by atomic mass is 32.1. The molecule has 2 aliphatic carbocycles. The van der Waals surface area contributed by atoms with Gasteiger partial charge in [0.2, 0.25) is 0 Å². The minimum absolute atomic E-state index is 0.0463. The first-order chi connectivity index (χ1) is 51.8. The lowest BCUT2D eigenvalue weighted by Crippen LogP contribution is -2.25. The van der Waals surface area contributed by atoms with E-state index in [1.54, 1.807) is 11.1 Å². The van der Waals surface area contributed by atoms with Gasteiger partial charge in [-0.15, -0.1) is 22.7 Å². The maximum Gasteiger partial charge on any atom is 0.0984 e. The number of nitrogens with zero attached hydrogens (tertiary/aromatic N) is 3. The maximum atomic E-state index is 6.20. The lowest BCUT2D eigenvalue weighted by atomic mass is 9.70. The Labute approximate surface area is 648 Å². The normalized spacial score (nSPS) is 13.5. The molecule has 4 heterocycles. The molecule has 0 atom stereocenters. The third-order valence-electron chi connectivity index (χ3n) is 25.3. The molecule has 9 aromatic rings. The number of rotatable bonds is 54. The van der Waals surface area contributed by atoms with E-state index in [-0.39, 0.29) is 10.8 Å². The van der Waals surface area contributed by atoms with E-state index < -0.39 is 0 Å². The van der Waals surface area contributed by atoms with Crippen molar-refractivity contribution in [3.63, 3.8) is 0 Å². The number of benzene rings is 5. The van der Waals surface area contributed by atoms with Gasteiger partial charge in [-0.25, -0.2) is 9.97 Å². The molecule has 2 aliphatic rings. The third-order valence-corrected chi connectivity index (χ3v) is 27.6. The smallest absolute Gasteiger partial charge is 0.0984 e. The number of fused-ring (bicyclic) bond motifs is 10. The number of hydrogen-bond donors (Lipinski definition) is 0. The predicted molar refractivity (Wildman–Crippen MR) is 466 cm³/mol. The Hall–Kier alpha value is -5.36. The van der Waals surface area contributed by atoms with E-state index in [0.29, 0.717) is 0 Å². The Morgan fingerprint density at radius 3 is 1.05 bits per heavy atom. The summed E-state index contributed by atoms with van der Waals surface area (Å²) in [5.41, 5.74) is 23.5. The Morgan fingerprint density at radius 1 is 0.295 bits per heavy atom. The van der Waals surface area contributed by atoms with Crippen LogP contribution in [0.25, 0.3) is 86.7 Å². The molecule has 0 saturated heterocycles. The molecule has 0 aliphatic heterocycles. The van der Waals surface area contributed by atoms with Crippen LogP contribution in [0.2, 0.25) is 0 Å². The first-order valence-corrected chi connectivity index (χ1v) is 46.3.